The summed E-state index contributed by atoms with van der Waals surface area (Å²) in [5.74, 6) is -1.27. The fourth-order valence-corrected chi connectivity index (χ4v) is 3.07. The van der Waals surface area contributed by atoms with E-state index < -0.39 is 22.1 Å². The molecule has 2 aromatic rings. The number of ketones is 1. The summed E-state index contributed by atoms with van der Waals surface area (Å²) < 4.78 is 28.1. The molecule has 0 fully saturated rings. The Kier molecular flexibility index (Phi) is 5.85. The van der Waals surface area contributed by atoms with Gasteiger partial charge in [-0.25, -0.2) is 18.4 Å². The van der Waals surface area contributed by atoms with Crippen LogP contribution in [0.1, 0.15) is 38.8 Å². The van der Waals surface area contributed by atoms with Crippen LogP contribution in [0.25, 0.3) is 0 Å². The zero-order valence-electron chi connectivity index (χ0n) is 14.4. The van der Waals surface area contributed by atoms with Crippen LogP contribution in [-0.4, -0.2) is 26.3 Å². The Morgan fingerprint density at radius 3 is 2.35 bits per heavy atom. The smallest absolute Gasteiger partial charge is 0.340 e. The number of carbonyl (C=O) groups excluding carboxylic acids is 2. The van der Waals surface area contributed by atoms with Crippen LogP contribution in [0, 0.1) is 13.8 Å². The van der Waals surface area contributed by atoms with E-state index in [2.05, 4.69) is 0 Å². The highest BCUT2D eigenvalue weighted by molar-refractivity contribution is 7.89. The first kappa shape index (κ1) is 20.1. The van der Waals surface area contributed by atoms with E-state index in [4.69, 9.17) is 21.5 Å². The molecule has 0 heterocycles. The van der Waals surface area contributed by atoms with Gasteiger partial charge in [0.15, 0.2) is 6.10 Å². The lowest BCUT2D eigenvalue weighted by Crippen LogP contribution is -2.25. The Labute approximate surface area is 157 Å². The van der Waals surface area contributed by atoms with Crippen LogP contribution in [0.3, 0.4) is 0 Å². The van der Waals surface area contributed by atoms with Crippen molar-refractivity contribution in [2.75, 3.05) is 0 Å². The summed E-state index contributed by atoms with van der Waals surface area (Å²) in [5.41, 5.74) is 1.94. The van der Waals surface area contributed by atoms with Crippen molar-refractivity contribution in [1.29, 1.82) is 0 Å². The van der Waals surface area contributed by atoms with Crippen molar-refractivity contribution < 1.29 is 22.7 Å². The predicted molar refractivity (Wildman–Crippen MR) is 97.9 cm³/mol. The van der Waals surface area contributed by atoms with Gasteiger partial charge in [0, 0.05) is 5.56 Å². The topological polar surface area (TPSA) is 104 Å². The number of esters is 1. The molecule has 0 aliphatic rings. The SMILES string of the molecule is Cc1ccc(C)c(C(=O)[C@H](C)OC(=O)c2cc(S(N)(=O)=O)ccc2Cl)c1. The van der Waals surface area contributed by atoms with E-state index in [1.165, 1.54) is 19.1 Å². The highest BCUT2D eigenvalue weighted by Crippen LogP contribution is 2.22. The first-order chi connectivity index (χ1) is 12.0. The lowest BCUT2D eigenvalue weighted by Gasteiger charge is -2.15. The number of carbonyl (C=O) groups is 2. The molecule has 2 aromatic carbocycles. The van der Waals surface area contributed by atoms with Crippen LogP contribution >= 0.6 is 11.6 Å². The maximum absolute atomic E-state index is 12.6. The second kappa shape index (κ2) is 7.57. The number of Topliss-reactive ketones (excluding diaryl/α,β-unsaturated/α-hetero) is 1. The highest BCUT2D eigenvalue weighted by atomic mass is 35.5. The van der Waals surface area contributed by atoms with Crippen LogP contribution in [0.4, 0.5) is 0 Å². The molecule has 0 unspecified atom stereocenters. The third-order valence-electron chi connectivity index (χ3n) is 3.80. The Hall–Kier alpha value is -2.22. The summed E-state index contributed by atoms with van der Waals surface area (Å²) in [6.45, 7) is 5.08. The molecule has 138 valence electrons. The largest absolute Gasteiger partial charge is 0.451 e. The molecule has 0 aromatic heterocycles. The molecule has 8 heteroatoms. The van der Waals surface area contributed by atoms with Gasteiger partial charge in [0.05, 0.1) is 15.5 Å². The van der Waals surface area contributed by atoms with Gasteiger partial charge < -0.3 is 4.74 Å². The molecule has 1 atom stereocenters. The van der Waals surface area contributed by atoms with Gasteiger partial charge in [0.25, 0.3) is 0 Å². The molecule has 0 radical (unpaired) electrons. The quantitative estimate of drug-likeness (QED) is 0.619. The number of ether oxygens (including phenoxy) is 1. The van der Waals surface area contributed by atoms with Crippen LogP contribution < -0.4 is 5.14 Å². The summed E-state index contributed by atoms with van der Waals surface area (Å²) in [4.78, 5) is 24.6. The number of rotatable bonds is 5. The fraction of sp³-hybridized carbons (Fsp3) is 0.222. The minimum absolute atomic E-state index is 0.00575. The van der Waals surface area contributed by atoms with E-state index in [1.54, 1.807) is 13.0 Å². The van der Waals surface area contributed by atoms with Crippen LogP contribution in [0.2, 0.25) is 5.02 Å². The third-order valence-corrected chi connectivity index (χ3v) is 5.04. The van der Waals surface area contributed by atoms with E-state index >= 15 is 0 Å². The number of nitrogens with two attached hydrogens (primary N) is 1. The van der Waals surface area contributed by atoms with Crippen molar-refractivity contribution in [3.63, 3.8) is 0 Å². The minimum atomic E-state index is -4.01. The van der Waals surface area contributed by atoms with Gasteiger partial charge in [-0.1, -0.05) is 29.3 Å². The maximum atomic E-state index is 12.6. The van der Waals surface area contributed by atoms with E-state index in [0.29, 0.717) is 5.56 Å². The summed E-state index contributed by atoms with van der Waals surface area (Å²) >= 11 is 5.95. The second-order valence-corrected chi connectivity index (χ2v) is 7.89. The molecule has 2 rings (SSSR count). The average Bonchev–Trinajstić information content (AvgIpc) is 2.55. The van der Waals surface area contributed by atoms with Gasteiger partial charge in [-0.2, -0.15) is 0 Å². The van der Waals surface area contributed by atoms with Crippen molar-refractivity contribution in [1.82, 2.24) is 0 Å². The zero-order valence-corrected chi connectivity index (χ0v) is 16.0. The van der Waals surface area contributed by atoms with E-state index in [9.17, 15) is 18.0 Å². The third kappa shape index (κ3) is 4.49. The fourth-order valence-electron chi connectivity index (χ4n) is 2.34. The molecule has 2 N–H and O–H groups in total. The summed E-state index contributed by atoms with van der Waals surface area (Å²) in [5, 5.41) is 5.05. The Balaban J connectivity index is 2.27. The average molecular weight is 396 g/mol. The molecule has 0 saturated heterocycles. The van der Waals surface area contributed by atoms with Crippen molar-refractivity contribution in [2.45, 2.75) is 31.8 Å². The lowest BCUT2D eigenvalue weighted by molar-refractivity contribution is 0.0318. The molecule has 26 heavy (non-hydrogen) atoms. The molecule has 0 aliphatic heterocycles. The van der Waals surface area contributed by atoms with Crippen molar-refractivity contribution in [3.05, 3.63) is 63.7 Å². The van der Waals surface area contributed by atoms with E-state index in [1.807, 2.05) is 19.1 Å². The van der Waals surface area contributed by atoms with Gasteiger partial charge in [-0.3, -0.25) is 4.79 Å². The van der Waals surface area contributed by atoms with Crippen LogP contribution in [-0.2, 0) is 14.8 Å². The molecule has 0 saturated carbocycles. The van der Waals surface area contributed by atoms with Crippen molar-refractivity contribution in [2.24, 2.45) is 5.14 Å². The van der Waals surface area contributed by atoms with E-state index in [-0.39, 0.29) is 21.3 Å². The zero-order chi connectivity index (χ0) is 19.6. The first-order valence-electron chi connectivity index (χ1n) is 7.65. The molecular weight excluding hydrogens is 378 g/mol. The molecule has 0 amide bonds. The number of sulfonamides is 1. The minimum Gasteiger partial charge on any atom is -0.451 e. The van der Waals surface area contributed by atoms with Gasteiger partial charge >= 0.3 is 5.97 Å². The van der Waals surface area contributed by atoms with Crippen LogP contribution in [0.15, 0.2) is 41.3 Å². The highest BCUT2D eigenvalue weighted by Gasteiger charge is 2.24. The lowest BCUT2D eigenvalue weighted by atomic mass is 9.99. The molecular formula is C18H18ClNO5S. The first-order valence-corrected chi connectivity index (χ1v) is 9.58. The summed E-state index contributed by atoms with van der Waals surface area (Å²) in [6.07, 6.45) is -1.07. The number of primary sulfonamides is 1. The Morgan fingerprint density at radius 1 is 1.08 bits per heavy atom. The Bertz CT molecular complexity index is 985. The standard InChI is InChI=1S/C18H18ClNO5S/c1-10-4-5-11(2)14(8-10)17(21)12(3)25-18(22)15-9-13(26(20,23)24)6-7-16(15)19/h4-9,12H,1-3H3,(H2,20,23,24)/t12-/m0/s1. The number of hydrogen-bond donors (Lipinski definition) is 1. The molecule has 0 aliphatic carbocycles. The normalized spacial score (nSPS) is 12.5. The number of hydrogen-bond acceptors (Lipinski definition) is 5. The van der Waals surface area contributed by atoms with Crippen LogP contribution in [0.5, 0.6) is 0 Å². The monoisotopic (exact) mass is 395 g/mol. The number of halogens is 1. The summed E-state index contributed by atoms with van der Waals surface area (Å²) in [7, 11) is -4.01. The van der Waals surface area contributed by atoms with Gasteiger partial charge in [-0.05, 0) is 50.6 Å². The van der Waals surface area contributed by atoms with Gasteiger partial charge in [-0.15, -0.1) is 0 Å². The molecule has 0 bridgehead atoms. The maximum Gasteiger partial charge on any atom is 0.340 e. The van der Waals surface area contributed by atoms with Gasteiger partial charge in [0.1, 0.15) is 0 Å². The predicted octanol–water partition coefficient (Wildman–Crippen LogP) is 3.03. The molecule has 6 nitrogen and oxygen atoms in total. The van der Waals surface area contributed by atoms with Crippen molar-refractivity contribution >= 4 is 33.4 Å². The van der Waals surface area contributed by atoms with Gasteiger partial charge in [0.2, 0.25) is 15.8 Å². The second-order valence-electron chi connectivity index (χ2n) is 5.92. The molecule has 0 spiro atoms. The van der Waals surface area contributed by atoms with Crippen molar-refractivity contribution in [3.8, 4) is 0 Å². The summed E-state index contributed by atoms with van der Waals surface area (Å²) in [6, 6.07) is 8.84. The Morgan fingerprint density at radius 2 is 1.73 bits per heavy atom. The van der Waals surface area contributed by atoms with E-state index in [0.717, 1.165) is 17.2 Å². The number of benzene rings is 2. The number of aryl methyl sites for hydroxylation is 2.